The van der Waals surface area contributed by atoms with Gasteiger partial charge in [0.1, 0.15) is 6.26 Å². The van der Waals surface area contributed by atoms with Gasteiger partial charge in [-0.05, 0) is 48.2 Å². The Kier molecular flexibility index (Phi) is 5.85. The summed E-state index contributed by atoms with van der Waals surface area (Å²) < 4.78 is 70.4. The molecule has 3 rings (SSSR count). The molecule has 5 nitrogen and oxygen atoms in total. The average molecular weight is 410 g/mol. The van der Waals surface area contributed by atoms with Crippen molar-refractivity contribution in [2.75, 3.05) is 6.54 Å². The molecule has 9 heteroatoms. The lowest BCUT2D eigenvalue weighted by Gasteiger charge is -2.10. The van der Waals surface area contributed by atoms with E-state index in [1.807, 2.05) is 0 Å². The summed E-state index contributed by atoms with van der Waals surface area (Å²) in [4.78, 5) is 0.0493. The van der Waals surface area contributed by atoms with Gasteiger partial charge in [-0.15, -0.1) is 0 Å². The second-order valence-corrected chi connectivity index (χ2v) is 7.90. The van der Waals surface area contributed by atoms with Crippen LogP contribution in [0.15, 0.2) is 70.4 Å². The van der Waals surface area contributed by atoms with Gasteiger partial charge in [0, 0.05) is 12.1 Å². The molecule has 0 aliphatic carbocycles. The second-order valence-electron chi connectivity index (χ2n) is 6.14. The van der Waals surface area contributed by atoms with Gasteiger partial charge >= 0.3 is 6.18 Å². The number of nitrogens with one attached hydrogen (secondary N) is 1. The Bertz CT molecular complexity index is 1020. The number of benzene rings is 2. The van der Waals surface area contributed by atoms with Gasteiger partial charge in [-0.3, -0.25) is 0 Å². The lowest BCUT2D eigenvalue weighted by Crippen LogP contribution is -2.25. The second kappa shape index (κ2) is 8.15. The monoisotopic (exact) mass is 410 g/mol. The predicted octanol–water partition coefficient (Wildman–Crippen LogP) is 4.27. The van der Waals surface area contributed by atoms with Crippen molar-refractivity contribution >= 4 is 10.0 Å². The number of hydrogen-bond acceptors (Lipinski definition) is 4. The molecule has 0 spiro atoms. The van der Waals surface area contributed by atoms with Crippen LogP contribution in [0.3, 0.4) is 0 Å². The Morgan fingerprint density at radius 1 is 1.04 bits per heavy atom. The average Bonchev–Trinajstić information content (AvgIpc) is 3.18. The Balaban J connectivity index is 1.66. The molecule has 3 aromatic rings. The molecule has 0 atom stereocenters. The third-order valence-corrected chi connectivity index (χ3v) is 5.58. The highest BCUT2D eigenvalue weighted by molar-refractivity contribution is 7.89. The molecule has 2 aromatic carbocycles. The minimum atomic E-state index is -4.43. The molecule has 1 N–H and O–H groups in total. The summed E-state index contributed by atoms with van der Waals surface area (Å²) in [6.07, 6.45) is -0.166. The van der Waals surface area contributed by atoms with E-state index < -0.39 is 21.8 Å². The standard InChI is InChI=1S/C19H17F3N2O3S/c20-19(21,22)17-5-1-4-16(11-17)15-6-8-18(9-7-15)28(25,26)24-10-2-3-14-12-23-27-13-14/h1,4-9,11-13,24H,2-3,10H2. The van der Waals surface area contributed by atoms with E-state index in [2.05, 4.69) is 9.88 Å². The number of nitrogens with zero attached hydrogens (tertiary/aromatic N) is 1. The van der Waals surface area contributed by atoms with Crippen LogP contribution < -0.4 is 4.72 Å². The van der Waals surface area contributed by atoms with Crippen LogP contribution in [0.1, 0.15) is 17.5 Å². The van der Waals surface area contributed by atoms with E-state index >= 15 is 0 Å². The van der Waals surface area contributed by atoms with Crippen LogP contribution in [0, 0.1) is 0 Å². The third-order valence-electron chi connectivity index (χ3n) is 4.11. The summed E-state index contributed by atoms with van der Waals surface area (Å²) in [5.41, 5.74) is 0.985. The first kappa shape index (κ1) is 20.1. The van der Waals surface area contributed by atoms with Gasteiger partial charge in [-0.2, -0.15) is 13.2 Å². The van der Waals surface area contributed by atoms with E-state index in [9.17, 15) is 21.6 Å². The molecule has 1 heterocycles. The van der Waals surface area contributed by atoms with Gasteiger partial charge in [0.15, 0.2) is 0 Å². The largest absolute Gasteiger partial charge is 0.416 e. The molecule has 28 heavy (non-hydrogen) atoms. The molecule has 148 valence electrons. The maximum Gasteiger partial charge on any atom is 0.416 e. The summed E-state index contributed by atoms with van der Waals surface area (Å²) >= 11 is 0. The van der Waals surface area contributed by atoms with Gasteiger partial charge in [0.05, 0.1) is 16.7 Å². The van der Waals surface area contributed by atoms with Gasteiger partial charge < -0.3 is 4.52 Å². The van der Waals surface area contributed by atoms with Crippen LogP contribution in [0.5, 0.6) is 0 Å². The molecule has 0 aliphatic heterocycles. The molecule has 0 aliphatic rings. The molecule has 0 bridgehead atoms. The van der Waals surface area contributed by atoms with Crippen molar-refractivity contribution in [1.29, 1.82) is 0 Å². The smallest absolute Gasteiger partial charge is 0.364 e. The highest BCUT2D eigenvalue weighted by Crippen LogP contribution is 2.32. The summed E-state index contributed by atoms with van der Waals surface area (Å²) in [7, 11) is -3.70. The quantitative estimate of drug-likeness (QED) is 0.591. The van der Waals surface area contributed by atoms with E-state index in [0.29, 0.717) is 24.0 Å². The van der Waals surface area contributed by atoms with Crippen LogP contribution in [-0.2, 0) is 22.6 Å². The fourth-order valence-electron chi connectivity index (χ4n) is 2.63. The van der Waals surface area contributed by atoms with Crippen molar-refractivity contribution in [1.82, 2.24) is 9.88 Å². The number of aryl methyl sites for hydroxylation is 1. The molecule has 0 amide bonds. The van der Waals surface area contributed by atoms with Crippen molar-refractivity contribution < 1.29 is 26.1 Å². The van der Waals surface area contributed by atoms with Gasteiger partial charge in [-0.1, -0.05) is 29.4 Å². The molecule has 0 radical (unpaired) electrons. The Morgan fingerprint density at radius 3 is 2.43 bits per heavy atom. The summed E-state index contributed by atoms with van der Waals surface area (Å²) in [6.45, 7) is 0.239. The predicted molar refractivity (Wildman–Crippen MR) is 96.9 cm³/mol. The van der Waals surface area contributed by atoms with Crippen LogP contribution >= 0.6 is 0 Å². The van der Waals surface area contributed by atoms with Gasteiger partial charge in [0.2, 0.25) is 10.0 Å². The van der Waals surface area contributed by atoms with Gasteiger partial charge in [0.25, 0.3) is 0 Å². The molecular formula is C19H17F3N2O3S. The lowest BCUT2D eigenvalue weighted by molar-refractivity contribution is -0.137. The molecule has 0 saturated heterocycles. The number of aromatic nitrogens is 1. The first-order valence-corrected chi connectivity index (χ1v) is 9.90. The fourth-order valence-corrected chi connectivity index (χ4v) is 3.71. The summed E-state index contributed by atoms with van der Waals surface area (Å²) in [5.74, 6) is 0. The van der Waals surface area contributed by atoms with Crippen LogP contribution in [0.4, 0.5) is 13.2 Å². The van der Waals surface area contributed by atoms with E-state index in [4.69, 9.17) is 4.52 Å². The van der Waals surface area contributed by atoms with Crippen molar-refractivity contribution in [2.24, 2.45) is 0 Å². The van der Waals surface area contributed by atoms with E-state index in [-0.39, 0.29) is 11.4 Å². The minimum absolute atomic E-state index is 0.0493. The van der Waals surface area contributed by atoms with Crippen LogP contribution in [0.25, 0.3) is 11.1 Å². The van der Waals surface area contributed by atoms with Crippen molar-refractivity contribution in [3.05, 3.63) is 72.1 Å². The van der Waals surface area contributed by atoms with E-state index in [0.717, 1.165) is 17.7 Å². The van der Waals surface area contributed by atoms with Crippen LogP contribution in [-0.4, -0.2) is 20.1 Å². The fraction of sp³-hybridized carbons (Fsp3) is 0.211. The number of alkyl halides is 3. The van der Waals surface area contributed by atoms with E-state index in [1.54, 1.807) is 12.3 Å². The summed E-state index contributed by atoms with van der Waals surface area (Å²) in [5, 5.41) is 3.57. The zero-order valence-corrected chi connectivity index (χ0v) is 15.4. The first-order chi connectivity index (χ1) is 13.3. The summed E-state index contributed by atoms with van der Waals surface area (Å²) in [6, 6.07) is 10.6. The molecular weight excluding hydrogens is 393 g/mol. The molecule has 0 fully saturated rings. The maximum atomic E-state index is 12.8. The normalized spacial score (nSPS) is 12.2. The van der Waals surface area contributed by atoms with Crippen molar-refractivity contribution in [3.63, 3.8) is 0 Å². The molecule has 0 saturated carbocycles. The first-order valence-electron chi connectivity index (χ1n) is 8.41. The van der Waals surface area contributed by atoms with Gasteiger partial charge in [-0.25, -0.2) is 13.1 Å². The topological polar surface area (TPSA) is 72.2 Å². The van der Waals surface area contributed by atoms with E-state index in [1.165, 1.54) is 36.6 Å². The maximum absolute atomic E-state index is 12.8. The molecule has 1 aromatic heterocycles. The zero-order chi connectivity index (χ0) is 20.2. The number of hydrogen-bond donors (Lipinski definition) is 1. The van der Waals surface area contributed by atoms with Crippen molar-refractivity contribution in [2.45, 2.75) is 23.9 Å². The van der Waals surface area contributed by atoms with Crippen molar-refractivity contribution in [3.8, 4) is 11.1 Å². The van der Waals surface area contributed by atoms with Crippen LogP contribution in [0.2, 0.25) is 0 Å². The highest BCUT2D eigenvalue weighted by atomic mass is 32.2. The Labute approximate surface area is 160 Å². The highest BCUT2D eigenvalue weighted by Gasteiger charge is 2.30. The number of rotatable bonds is 7. The Hall–Kier alpha value is -2.65. The number of halogens is 3. The third kappa shape index (κ3) is 4.99. The SMILES string of the molecule is O=S(=O)(NCCCc1cnoc1)c1ccc(-c2cccc(C(F)(F)F)c2)cc1. The number of sulfonamides is 1. The zero-order valence-electron chi connectivity index (χ0n) is 14.6. The lowest BCUT2D eigenvalue weighted by atomic mass is 10.0. The Morgan fingerprint density at radius 2 is 1.79 bits per heavy atom. The molecule has 0 unspecified atom stereocenters. The minimum Gasteiger partial charge on any atom is -0.364 e.